The number of hydrogen-bond donors (Lipinski definition) is 2. The summed E-state index contributed by atoms with van der Waals surface area (Å²) in [7, 11) is -14.8. The first kappa shape index (κ1) is 48.8. The number of halogens is 3. The Labute approximate surface area is 388 Å². The summed E-state index contributed by atoms with van der Waals surface area (Å²) in [4.78, 5) is 23.2. The van der Waals surface area contributed by atoms with Gasteiger partial charge in [0.05, 0.1) is 36.1 Å². The van der Waals surface area contributed by atoms with Crippen LogP contribution in [0.4, 0.5) is 34.6 Å². The average Bonchev–Trinajstić information content (AvgIpc) is 3.28. The number of carbonyl (C=O) groups is 1. The molecule has 3 aromatic carbocycles. The Balaban J connectivity index is 0.00000336. The van der Waals surface area contributed by atoms with E-state index < -0.39 is 67.7 Å². The number of rotatable bonds is 10. The molecule has 0 fully saturated rings. The van der Waals surface area contributed by atoms with E-state index in [0.717, 1.165) is 41.4 Å². The van der Waals surface area contributed by atoms with Crippen molar-refractivity contribution < 1.29 is 132 Å². The fraction of sp³-hybridized carbons (Fsp3) is 0.115. The van der Waals surface area contributed by atoms with Crippen LogP contribution < -0.4 is 104 Å². The maximum Gasteiger partial charge on any atom is 1.00 e. The predicted molar refractivity (Wildman–Crippen MR) is 178 cm³/mol. The minimum Gasteiger partial charge on any atom is -0.744 e. The number of carbonyl (C=O) groups excluding carboxylic acids is 1. The summed E-state index contributed by atoms with van der Waals surface area (Å²) in [6.45, 7) is 2.89. The van der Waals surface area contributed by atoms with Gasteiger partial charge in [-0.05, 0) is 79.5 Å². The van der Waals surface area contributed by atoms with Crippen LogP contribution in [0.5, 0.6) is 0 Å². The molecule has 1 amide bonds. The summed E-state index contributed by atoms with van der Waals surface area (Å²) >= 11 is 18.1. The molecule has 19 nitrogen and oxygen atoms in total. The Kier molecular flexibility index (Phi) is 17.1. The fourth-order valence-electron chi connectivity index (χ4n) is 4.38. The van der Waals surface area contributed by atoms with E-state index in [1.165, 1.54) is 26.0 Å². The van der Waals surface area contributed by atoms with E-state index in [9.17, 15) is 43.7 Å². The second-order valence-corrected chi connectivity index (χ2v) is 15.5. The van der Waals surface area contributed by atoms with Crippen LogP contribution in [0.15, 0.2) is 78.5 Å². The zero-order valence-corrected chi connectivity index (χ0v) is 39.0. The van der Waals surface area contributed by atoms with Crippen molar-refractivity contribution in [2.45, 2.75) is 34.6 Å². The van der Waals surface area contributed by atoms with Crippen LogP contribution in [0.25, 0.3) is 0 Å². The molecule has 1 unspecified atom stereocenters. The number of hydrazone groups is 1. The van der Waals surface area contributed by atoms with Gasteiger partial charge in [0.25, 0.3) is 5.91 Å². The van der Waals surface area contributed by atoms with Gasteiger partial charge in [-0.1, -0.05) is 23.2 Å². The molecular weight excluding hydrogens is 870 g/mol. The third kappa shape index (κ3) is 11.6. The summed E-state index contributed by atoms with van der Waals surface area (Å²) in [5.41, 5.74) is 0.0493. The fourth-order valence-corrected chi connectivity index (χ4v) is 7.00. The maximum absolute atomic E-state index is 13.3. The summed E-state index contributed by atoms with van der Waals surface area (Å²) in [5, 5.41) is 16.8. The van der Waals surface area contributed by atoms with Crippen LogP contribution in [-0.4, -0.2) is 71.5 Å². The van der Waals surface area contributed by atoms with Crippen LogP contribution in [0.1, 0.15) is 12.5 Å². The number of amides is 1. The predicted octanol–water partition coefficient (Wildman–Crippen LogP) is -4.77. The molecule has 2 heterocycles. The van der Waals surface area contributed by atoms with Crippen LogP contribution in [0.3, 0.4) is 0 Å². The Bertz CT molecular complexity index is 2540. The van der Waals surface area contributed by atoms with Crippen molar-refractivity contribution in [1.29, 1.82) is 0 Å². The minimum absolute atomic E-state index is 0. The first-order valence-corrected chi connectivity index (χ1v) is 18.8. The van der Waals surface area contributed by atoms with Gasteiger partial charge in [-0.2, -0.15) is 35.3 Å². The molecule has 54 heavy (non-hydrogen) atoms. The molecule has 0 spiro atoms. The molecule has 0 aliphatic carbocycles. The van der Waals surface area contributed by atoms with Crippen molar-refractivity contribution >= 4 is 111 Å². The molecule has 1 aliphatic heterocycles. The topological polar surface area (TPSA) is 292 Å². The number of aryl methyl sites for hydroxylation is 1. The van der Waals surface area contributed by atoms with Crippen LogP contribution >= 0.6 is 34.8 Å². The number of azo groups is 1. The molecule has 1 atom stereocenters. The average molecular weight is 887 g/mol. The van der Waals surface area contributed by atoms with Crippen LogP contribution in [0.2, 0.25) is 15.3 Å². The molecule has 2 N–H and O–H groups in total. The van der Waals surface area contributed by atoms with Crippen molar-refractivity contribution in [1.82, 2.24) is 15.0 Å². The molecule has 28 heteroatoms. The number of nitrogens with zero attached hydrogens (tertiary/aromatic N) is 7. The molecule has 0 bridgehead atoms. The number of benzene rings is 3. The van der Waals surface area contributed by atoms with Gasteiger partial charge in [-0.15, -0.1) is 0 Å². The van der Waals surface area contributed by atoms with Crippen molar-refractivity contribution in [3.05, 3.63) is 69.4 Å². The Morgan fingerprint density at radius 2 is 1.35 bits per heavy atom. The second kappa shape index (κ2) is 18.9. The Hall–Kier alpha value is -1.39. The first-order valence-electron chi connectivity index (χ1n) is 13.5. The van der Waals surface area contributed by atoms with Gasteiger partial charge >= 0.3 is 88.7 Å². The van der Waals surface area contributed by atoms with E-state index in [4.69, 9.17) is 34.8 Å². The Morgan fingerprint density at radius 1 is 0.741 bits per heavy atom. The molecule has 268 valence electrons. The van der Waals surface area contributed by atoms with E-state index in [0.29, 0.717) is 11.3 Å². The van der Waals surface area contributed by atoms with Gasteiger partial charge in [0, 0.05) is 11.4 Å². The number of nitrogens with one attached hydrogen (secondary N) is 2. The second-order valence-electron chi connectivity index (χ2n) is 10.3. The molecule has 4 aromatic rings. The number of aromatic nitrogens is 3. The SMILES string of the molecule is CC1=NN(c2cc(Cl)c(S(=O)(=O)[O-])cc2Cl)C(=O)C1N=Nc1cc(Nc2nc(Cl)nc(Nc3ccc(S(=O)(=O)[O-])cc3C)n2)ccc1S(=O)(=O)[O-].[Na+].[Na+].[Na+]. The standard InChI is InChI=1S/C26H20Cl3N9O10S3.3Na/c1-11-7-14(49(40,41)42)4-5-17(11)31-26-33-24(29)32-25(34-26)30-13-3-6-20(50(43,44)45)18(8-13)35-36-22-12(2)37-38(23(22)39)19-9-16(28)21(10-15(19)27)51(46,47)48;;;/h3-10,22H,1-2H3,(H,40,41,42)(H,43,44,45)(H,46,47,48)(H2,30,31,32,33,34);;;/q;3*+1/p-3. The van der Waals surface area contributed by atoms with Gasteiger partial charge in [0.15, 0.2) is 6.04 Å². The van der Waals surface area contributed by atoms with E-state index in [-0.39, 0.29) is 128 Å². The summed E-state index contributed by atoms with van der Waals surface area (Å²) < 4.78 is 104. The molecular formula is C26H17Cl3N9Na3O10S3. The van der Waals surface area contributed by atoms with E-state index in [1.807, 2.05) is 0 Å². The van der Waals surface area contributed by atoms with E-state index >= 15 is 0 Å². The zero-order valence-electron chi connectivity index (χ0n) is 28.3. The van der Waals surface area contributed by atoms with Crippen molar-refractivity contribution in [2.75, 3.05) is 15.6 Å². The van der Waals surface area contributed by atoms with Crippen LogP contribution in [-0.2, 0) is 35.1 Å². The van der Waals surface area contributed by atoms with Crippen molar-refractivity contribution in [2.24, 2.45) is 15.3 Å². The summed E-state index contributed by atoms with van der Waals surface area (Å²) in [5.74, 6) is -1.20. The summed E-state index contributed by atoms with van der Waals surface area (Å²) in [6, 6.07) is 6.92. The number of anilines is 5. The van der Waals surface area contributed by atoms with E-state index in [1.54, 1.807) is 0 Å². The first-order chi connectivity index (χ1) is 23.6. The third-order valence-electron chi connectivity index (χ3n) is 6.70. The molecule has 0 saturated heterocycles. The van der Waals surface area contributed by atoms with Gasteiger partial charge in [-0.25, -0.2) is 25.3 Å². The molecule has 0 saturated carbocycles. The molecule has 1 aliphatic rings. The smallest absolute Gasteiger partial charge is 0.744 e. The Morgan fingerprint density at radius 3 is 1.93 bits per heavy atom. The van der Waals surface area contributed by atoms with Crippen LogP contribution in [0, 0.1) is 6.92 Å². The van der Waals surface area contributed by atoms with Crippen molar-refractivity contribution in [3.8, 4) is 0 Å². The van der Waals surface area contributed by atoms with Gasteiger partial charge in [0.2, 0.25) is 17.2 Å². The molecule has 0 radical (unpaired) electrons. The van der Waals surface area contributed by atoms with Gasteiger partial charge in [-0.3, -0.25) is 4.79 Å². The largest absolute Gasteiger partial charge is 1.00 e. The number of hydrogen-bond acceptors (Lipinski definition) is 18. The third-order valence-corrected chi connectivity index (χ3v) is 10.2. The monoisotopic (exact) mass is 885 g/mol. The van der Waals surface area contributed by atoms with Crippen molar-refractivity contribution in [3.63, 3.8) is 0 Å². The molecule has 5 rings (SSSR count). The quantitative estimate of drug-likeness (QED) is 0.0859. The molecule has 1 aromatic heterocycles. The van der Waals surface area contributed by atoms with Gasteiger partial charge < -0.3 is 24.3 Å². The summed E-state index contributed by atoms with van der Waals surface area (Å²) in [6.07, 6.45) is 0. The minimum atomic E-state index is -5.13. The normalized spacial score (nSPS) is 14.5. The van der Waals surface area contributed by atoms with Gasteiger partial charge in [0.1, 0.15) is 36.0 Å². The maximum atomic E-state index is 13.3. The zero-order chi connectivity index (χ0) is 37.6. The van der Waals surface area contributed by atoms with E-state index in [2.05, 4.69) is 40.9 Å².